The van der Waals surface area contributed by atoms with Gasteiger partial charge in [0.15, 0.2) is 0 Å². The van der Waals surface area contributed by atoms with Gasteiger partial charge in [0.1, 0.15) is 0 Å². The fourth-order valence-electron chi connectivity index (χ4n) is 5.09. The van der Waals surface area contributed by atoms with Crippen LogP contribution >= 0.6 is 0 Å². The molecule has 26 heavy (non-hydrogen) atoms. The van der Waals surface area contributed by atoms with Crippen molar-refractivity contribution in [2.45, 2.75) is 5.41 Å². The Morgan fingerprint density at radius 3 is 2.00 bits per heavy atom. The highest BCUT2D eigenvalue weighted by atomic mass is 16.4. The standard InChI is InChI=1S/C23H15BO2/c25-24(26)15-11-12-17-16-7-1-2-8-18(16)23(21(17)13-15)19-9-3-5-14-6-4-10-20(23)22(14)19/h1-13,25-26H. The van der Waals surface area contributed by atoms with Crippen LogP contribution in [-0.2, 0) is 5.41 Å². The van der Waals surface area contributed by atoms with Gasteiger partial charge in [0.05, 0.1) is 5.41 Å². The molecular formula is C23H15BO2. The van der Waals surface area contributed by atoms with Crippen LogP contribution in [0.25, 0.3) is 21.9 Å². The van der Waals surface area contributed by atoms with Crippen molar-refractivity contribution in [3.05, 3.63) is 101 Å². The minimum atomic E-state index is -1.47. The van der Waals surface area contributed by atoms with E-state index in [4.69, 9.17) is 0 Å². The first-order chi connectivity index (χ1) is 12.7. The molecule has 0 amide bonds. The van der Waals surface area contributed by atoms with Crippen LogP contribution in [0.1, 0.15) is 22.3 Å². The van der Waals surface area contributed by atoms with Gasteiger partial charge in [-0.15, -0.1) is 0 Å². The van der Waals surface area contributed by atoms with Gasteiger partial charge in [-0.3, -0.25) is 0 Å². The Morgan fingerprint density at radius 2 is 1.27 bits per heavy atom. The normalized spacial score (nSPS) is 14.8. The number of hydrogen-bond donors (Lipinski definition) is 2. The Bertz CT molecular complexity index is 1190. The summed E-state index contributed by atoms with van der Waals surface area (Å²) in [7, 11) is -1.47. The van der Waals surface area contributed by atoms with Crippen molar-refractivity contribution >= 4 is 23.4 Å². The smallest absolute Gasteiger partial charge is 0.423 e. The van der Waals surface area contributed by atoms with Crippen molar-refractivity contribution in [1.82, 2.24) is 0 Å². The fourth-order valence-corrected chi connectivity index (χ4v) is 5.09. The van der Waals surface area contributed by atoms with Crippen LogP contribution < -0.4 is 5.46 Å². The summed E-state index contributed by atoms with van der Waals surface area (Å²) >= 11 is 0. The molecule has 0 aromatic heterocycles. The fraction of sp³-hybridized carbons (Fsp3) is 0.0435. The van der Waals surface area contributed by atoms with E-state index in [0.29, 0.717) is 5.46 Å². The summed E-state index contributed by atoms with van der Waals surface area (Å²) in [5.41, 5.74) is 7.67. The molecule has 2 aliphatic rings. The van der Waals surface area contributed by atoms with Gasteiger partial charge in [0, 0.05) is 0 Å². The van der Waals surface area contributed by atoms with Gasteiger partial charge in [-0.2, -0.15) is 0 Å². The first-order valence-electron chi connectivity index (χ1n) is 8.86. The summed E-state index contributed by atoms with van der Waals surface area (Å²) in [6.07, 6.45) is 0. The van der Waals surface area contributed by atoms with Crippen molar-refractivity contribution in [2.75, 3.05) is 0 Å². The van der Waals surface area contributed by atoms with Crippen LogP contribution in [0, 0.1) is 0 Å². The molecule has 4 aromatic carbocycles. The molecule has 6 rings (SSSR count). The van der Waals surface area contributed by atoms with Crippen molar-refractivity contribution in [1.29, 1.82) is 0 Å². The molecule has 0 aliphatic heterocycles. The van der Waals surface area contributed by atoms with Crippen LogP contribution in [0.5, 0.6) is 0 Å². The van der Waals surface area contributed by atoms with Crippen molar-refractivity contribution in [3.8, 4) is 11.1 Å². The second kappa shape index (κ2) is 4.64. The average Bonchev–Trinajstić information content (AvgIpc) is 2.99. The molecule has 0 unspecified atom stereocenters. The molecule has 0 heterocycles. The Kier molecular flexibility index (Phi) is 2.55. The topological polar surface area (TPSA) is 40.5 Å². The molecule has 1 spiro atoms. The zero-order chi connectivity index (χ0) is 17.5. The molecule has 0 atom stereocenters. The highest BCUT2D eigenvalue weighted by Gasteiger charge is 2.53. The number of benzene rings is 4. The Hall–Kier alpha value is -2.88. The summed E-state index contributed by atoms with van der Waals surface area (Å²) in [5.74, 6) is 0. The van der Waals surface area contributed by atoms with Gasteiger partial charge in [-0.05, 0) is 49.6 Å². The summed E-state index contributed by atoms with van der Waals surface area (Å²) < 4.78 is 0. The molecule has 2 nitrogen and oxygen atoms in total. The lowest BCUT2D eigenvalue weighted by Crippen LogP contribution is -2.38. The molecule has 4 aromatic rings. The molecule has 122 valence electrons. The van der Waals surface area contributed by atoms with E-state index < -0.39 is 7.12 Å². The zero-order valence-electron chi connectivity index (χ0n) is 14.0. The maximum absolute atomic E-state index is 9.74. The summed E-state index contributed by atoms with van der Waals surface area (Å²) in [4.78, 5) is 0. The van der Waals surface area contributed by atoms with Gasteiger partial charge >= 0.3 is 7.12 Å². The van der Waals surface area contributed by atoms with Crippen LogP contribution in [0.3, 0.4) is 0 Å². The molecule has 2 aliphatic carbocycles. The van der Waals surface area contributed by atoms with E-state index >= 15 is 0 Å². The third-order valence-electron chi connectivity index (χ3n) is 6.08. The number of fused-ring (bicyclic) bond motifs is 7. The molecule has 0 bridgehead atoms. The quantitative estimate of drug-likeness (QED) is 0.454. The monoisotopic (exact) mass is 334 g/mol. The SMILES string of the molecule is OB(O)c1ccc2c(c1)C1(c3ccccc3-2)c2cccc3cccc1c23. The van der Waals surface area contributed by atoms with Crippen molar-refractivity contribution in [2.24, 2.45) is 0 Å². The van der Waals surface area contributed by atoms with E-state index in [-0.39, 0.29) is 5.41 Å². The summed E-state index contributed by atoms with van der Waals surface area (Å²) in [5, 5.41) is 22.1. The highest BCUT2D eigenvalue weighted by Crippen LogP contribution is 2.63. The average molecular weight is 334 g/mol. The minimum Gasteiger partial charge on any atom is -0.423 e. The zero-order valence-corrected chi connectivity index (χ0v) is 14.0. The van der Waals surface area contributed by atoms with Gasteiger partial charge < -0.3 is 10.0 Å². The Labute approximate surface area is 151 Å². The van der Waals surface area contributed by atoms with Gasteiger partial charge in [-0.25, -0.2) is 0 Å². The summed E-state index contributed by atoms with van der Waals surface area (Å²) in [6.45, 7) is 0. The lowest BCUT2D eigenvalue weighted by atomic mass is 9.57. The van der Waals surface area contributed by atoms with Crippen LogP contribution in [0.2, 0.25) is 0 Å². The molecule has 3 heteroatoms. The third kappa shape index (κ3) is 1.44. The number of hydrogen-bond acceptors (Lipinski definition) is 2. The van der Waals surface area contributed by atoms with Gasteiger partial charge in [0.2, 0.25) is 0 Å². The van der Waals surface area contributed by atoms with E-state index in [0.717, 1.165) is 5.56 Å². The maximum Gasteiger partial charge on any atom is 0.488 e. The Balaban J connectivity index is 1.78. The van der Waals surface area contributed by atoms with Crippen molar-refractivity contribution in [3.63, 3.8) is 0 Å². The van der Waals surface area contributed by atoms with E-state index in [1.54, 1.807) is 0 Å². The number of rotatable bonds is 1. The highest BCUT2D eigenvalue weighted by molar-refractivity contribution is 6.58. The van der Waals surface area contributed by atoms with Gasteiger partial charge in [0.25, 0.3) is 0 Å². The molecular weight excluding hydrogens is 319 g/mol. The summed E-state index contributed by atoms with van der Waals surface area (Å²) in [6, 6.07) is 27.3. The predicted molar refractivity (Wildman–Crippen MR) is 105 cm³/mol. The van der Waals surface area contributed by atoms with Crippen LogP contribution in [0.15, 0.2) is 78.9 Å². The predicted octanol–water partition coefficient (Wildman–Crippen LogP) is 3.20. The minimum absolute atomic E-state index is 0.313. The molecule has 0 fully saturated rings. The lowest BCUT2D eigenvalue weighted by molar-refractivity contribution is 0.425. The first kappa shape index (κ1) is 14.3. The lowest BCUT2D eigenvalue weighted by Gasteiger charge is -2.43. The Morgan fingerprint density at radius 1 is 0.615 bits per heavy atom. The molecule has 2 N–H and O–H groups in total. The van der Waals surface area contributed by atoms with Crippen LogP contribution in [0.4, 0.5) is 0 Å². The van der Waals surface area contributed by atoms with E-state index in [2.05, 4.69) is 60.7 Å². The largest absolute Gasteiger partial charge is 0.488 e. The third-order valence-corrected chi connectivity index (χ3v) is 6.08. The van der Waals surface area contributed by atoms with E-state index in [9.17, 15) is 10.0 Å². The molecule has 0 radical (unpaired) electrons. The second-order valence-electron chi connectivity index (χ2n) is 7.18. The van der Waals surface area contributed by atoms with Crippen molar-refractivity contribution < 1.29 is 10.0 Å². The second-order valence-corrected chi connectivity index (χ2v) is 7.18. The van der Waals surface area contributed by atoms with Gasteiger partial charge in [-0.1, -0.05) is 78.9 Å². The first-order valence-corrected chi connectivity index (χ1v) is 8.86. The van der Waals surface area contributed by atoms with Crippen LogP contribution in [-0.4, -0.2) is 17.2 Å². The van der Waals surface area contributed by atoms with E-state index in [1.165, 1.54) is 38.6 Å². The maximum atomic E-state index is 9.74. The molecule has 0 saturated heterocycles. The van der Waals surface area contributed by atoms with E-state index in [1.807, 2.05) is 18.2 Å². The molecule has 0 saturated carbocycles.